The maximum Gasteiger partial charge on any atom is 0.233 e. The number of benzene rings is 1. The number of rotatable bonds is 1. The Morgan fingerprint density at radius 1 is 1.11 bits per heavy atom. The van der Waals surface area contributed by atoms with E-state index in [0.29, 0.717) is 10.9 Å². The van der Waals surface area contributed by atoms with E-state index in [1.807, 2.05) is 29.2 Å². The van der Waals surface area contributed by atoms with Gasteiger partial charge in [0.15, 0.2) is 0 Å². The Kier molecular flexibility index (Phi) is 4.39. The van der Waals surface area contributed by atoms with Crippen molar-refractivity contribution >= 4 is 35.6 Å². The number of halogens is 2. The number of piperidine rings is 1. The van der Waals surface area contributed by atoms with Gasteiger partial charge < -0.3 is 10.2 Å². The summed E-state index contributed by atoms with van der Waals surface area (Å²) in [6, 6.07) is 7.55. The highest BCUT2D eigenvalue weighted by Crippen LogP contribution is 2.41. The topological polar surface area (TPSA) is 32.3 Å². The van der Waals surface area contributed by atoms with Crippen LogP contribution in [0.25, 0.3) is 0 Å². The summed E-state index contributed by atoms with van der Waals surface area (Å²) in [6.07, 6.45) is 2.92. The molecular weight excluding hydrogens is 283 g/mol. The molecule has 0 unspecified atom stereocenters. The first-order valence-electron chi connectivity index (χ1n) is 6.50. The first-order chi connectivity index (χ1) is 8.71. The fraction of sp³-hybridized carbons (Fsp3) is 0.500. The van der Waals surface area contributed by atoms with Crippen molar-refractivity contribution in [2.75, 3.05) is 24.5 Å². The molecule has 19 heavy (non-hydrogen) atoms. The van der Waals surface area contributed by atoms with E-state index in [-0.39, 0.29) is 17.8 Å². The van der Waals surface area contributed by atoms with Gasteiger partial charge in [-0.1, -0.05) is 11.6 Å². The average molecular weight is 301 g/mol. The third-order valence-electron chi connectivity index (χ3n) is 4.21. The zero-order valence-corrected chi connectivity index (χ0v) is 12.3. The van der Waals surface area contributed by atoms with Crippen LogP contribution >= 0.6 is 24.0 Å². The molecule has 1 aromatic carbocycles. The summed E-state index contributed by atoms with van der Waals surface area (Å²) in [6.45, 7) is 2.75. The summed E-state index contributed by atoms with van der Waals surface area (Å²) in [5.41, 5.74) is 0.866. The largest absolute Gasteiger partial charge is 0.317 e. The van der Waals surface area contributed by atoms with Crippen molar-refractivity contribution in [1.29, 1.82) is 0 Å². The summed E-state index contributed by atoms with van der Waals surface area (Å²) >= 11 is 5.89. The van der Waals surface area contributed by atoms with Gasteiger partial charge in [0, 0.05) is 17.3 Å². The molecule has 0 saturated carbocycles. The predicted octanol–water partition coefficient (Wildman–Crippen LogP) is 2.87. The summed E-state index contributed by atoms with van der Waals surface area (Å²) in [4.78, 5) is 14.6. The second-order valence-electron chi connectivity index (χ2n) is 5.21. The lowest BCUT2D eigenvalue weighted by atomic mass is 9.78. The molecule has 5 heteroatoms. The molecule has 2 fully saturated rings. The van der Waals surface area contributed by atoms with E-state index in [4.69, 9.17) is 11.6 Å². The Balaban J connectivity index is 0.00000133. The number of nitrogens with zero attached hydrogens (tertiary/aromatic N) is 1. The van der Waals surface area contributed by atoms with E-state index in [1.54, 1.807) is 0 Å². The fourth-order valence-electron chi connectivity index (χ4n) is 3.06. The molecule has 0 atom stereocenters. The highest BCUT2D eigenvalue weighted by Gasteiger charge is 2.47. The van der Waals surface area contributed by atoms with Gasteiger partial charge in [-0.05, 0) is 56.6 Å². The molecular formula is C14H18Cl2N2O. The highest BCUT2D eigenvalue weighted by atomic mass is 35.5. The molecule has 2 aliphatic heterocycles. The van der Waals surface area contributed by atoms with E-state index in [9.17, 15) is 4.79 Å². The van der Waals surface area contributed by atoms with Crippen molar-refractivity contribution in [3.63, 3.8) is 0 Å². The lowest BCUT2D eigenvalue weighted by Gasteiger charge is -2.32. The minimum atomic E-state index is -0.106. The van der Waals surface area contributed by atoms with Gasteiger partial charge in [0.1, 0.15) is 0 Å². The van der Waals surface area contributed by atoms with Crippen LogP contribution < -0.4 is 10.2 Å². The van der Waals surface area contributed by atoms with Crippen molar-refractivity contribution in [3.05, 3.63) is 29.3 Å². The van der Waals surface area contributed by atoms with Crippen molar-refractivity contribution < 1.29 is 4.79 Å². The third-order valence-corrected chi connectivity index (χ3v) is 4.46. The number of amides is 1. The molecule has 3 nitrogen and oxygen atoms in total. The summed E-state index contributed by atoms with van der Waals surface area (Å²) in [7, 11) is 0. The smallest absolute Gasteiger partial charge is 0.233 e. The molecule has 0 bridgehead atoms. The second kappa shape index (κ2) is 5.70. The van der Waals surface area contributed by atoms with Gasteiger partial charge in [-0.25, -0.2) is 0 Å². The van der Waals surface area contributed by atoms with Gasteiger partial charge in [-0.15, -0.1) is 12.4 Å². The Bertz CT molecular complexity index is 455. The Morgan fingerprint density at radius 3 is 2.37 bits per heavy atom. The molecule has 1 N–H and O–H groups in total. The first-order valence-corrected chi connectivity index (χ1v) is 6.87. The van der Waals surface area contributed by atoms with Gasteiger partial charge in [-0.2, -0.15) is 0 Å². The molecule has 0 aliphatic carbocycles. The summed E-state index contributed by atoms with van der Waals surface area (Å²) in [5.74, 6) is 0.298. The maximum absolute atomic E-state index is 12.6. The Morgan fingerprint density at radius 2 is 1.74 bits per heavy atom. The van der Waals surface area contributed by atoms with E-state index in [1.165, 1.54) is 0 Å². The minimum Gasteiger partial charge on any atom is -0.317 e. The first kappa shape index (κ1) is 14.6. The predicted molar refractivity (Wildman–Crippen MR) is 80.2 cm³/mol. The van der Waals surface area contributed by atoms with Crippen LogP contribution in [0.1, 0.15) is 19.3 Å². The van der Waals surface area contributed by atoms with Crippen LogP contribution in [0.4, 0.5) is 5.69 Å². The zero-order valence-electron chi connectivity index (χ0n) is 10.7. The maximum atomic E-state index is 12.6. The van der Waals surface area contributed by atoms with Crippen molar-refractivity contribution in [1.82, 2.24) is 5.32 Å². The van der Waals surface area contributed by atoms with Crippen molar-refractivity contribution in [2.24, 2.45) is 5.41 Å². The van der Waals surface area contributed by atoms with Gasteiger partial charge >= 0.3 is 0 Å². The number of hydrogen-bond donors (Lipinski definition) is 1. The minimum absolute atomic E-state index is 0. The van der Waals surface area contributed by atoms with Crippen LogP contribution in [-0.4, -0.2) is 25.5 Å². The quantitative estimate of drug-likeness (QED) is 0.865. The van der Waals surface area contributed by atoms with Crippen LogP contribution in [0.3, 0.4) is 0 Å². The third kappa shape index (κ3) is 2.60. The van der Waals surface area contributed by atoms with Gasteiger partial charge in [0.05, 0.1) is 5.41 Å². The fourth-order valence-corrected chi connectivity index (χ4v) is 3.18. The van der Waals surface area contributed by atoms with Crippen molar-refractivity contribution in [2.45, 2.75) is 19.3 Å². The van der Waals surface area contributed by atoms with Crippen molar-refractivity contribution in [3.8, 4) is 0 Å². The Labute approximate surface area is 124 Å². The molecule has 2 aliphatic rings. The van der Waals surface area contributed by atoms with Gasteiger partial charge in [0.25, 0.3) is 0 Å². The number of carbonyl (C=O) groups excluding carboxylic acids is 1. The molecule has 104 valence electrons. The van der Waals surface area contributed by atoms with Crippen LogP contribution in [0.5, 0.6) is 0 Å². The standard InChI is InChI=1S/C14H17ClN2O.ClH/c15-11-1-3-12(4-2-11)17-10-7-14(13(17)18)5-8-16-9-6-14;/h1-4,16H,5-10H2;1H. The average Bonchev–Trinajstić information content (AvgIpc) is 2.70. The van der Waals surface area contributed by atoms with E-state index in [2.05, 4.69) is 5.32 Å². The monoisotopic (exact) mass is 300 g/mol. The molecule has 0 radical (unpaired) electrons. The lowest BCUT2D eigenvalue weighted by molar-refractivity contribution is -0.126. The zero-order chi connectivity index (χ0) is 12.6. The number of carbonyl (C=O) groups is 1. The molecule has 2 heterocycles. The van der Waals surface area contributed by atoms with Gasteiger partial charge in [-0.3, -0.25) is 4.79 Å². The molecule has 3 rings (SSSR count). The normalized spacial score (nSPS) is 21.5. The molecule has 1 aromatic rings. The van der Waals surface area contributed by atoms with Crippen LogP contribution in [0, 0.1) is 5.41 Å². The lowest BCUT2D eigenvalue weighted by Crippen LogP contribution is -2.42. The summed E-state index contributed by atoms with van der Waals surface area (Å²) in [5, 5.41) is 4.04. The van der Waals surface area contributed by atoms with Crippen LogP contribution in [0.15, 0.2) is 24.3 Å². The highest BCUT2D eigenvalue weighted by molar-refractivity contribution is 6.30. The molecule has 1 spiro atoms. The summed E-state index contributed by atoms with van der Waals surface area (Å²) < 4.78 is 0. The number of nitrogens with one attached hydrogen (secondary N) is 1. The van der Waals surface area contributed by atoms with E-state index < -0.39 is 0 Å². The molecule has 0 aromatic heterocycles. The molecule has 1 amide bonds. The van der Waals surface area contributed by atoms with E-state index >= 15 is 0 Å². The SMILES string of the molecule is Cl.O=C1N(c2ccc(Cl)cc2)CCC12CCNCC2. The van der Waals surface area contributed by atoms with Gasteiger partial charge in [0.2, 0.25) is 5.91 Å². The molecule has 2 saturated heterocycles. The number of hydrogen-bond acceptors (Lipinski definition) is 2. The number of anilines is 1. The van der Waals surface area contributed by atoms with Crippen LogP contribution in [0.2, 0.25) is 5.02 Å². The van der Waals surface area contributed by atoms with Crippen LogP contribution in [-0.2, 0) is 4.79 Å². The van der Waals surface area contributed by atoms with E-state index in [0.717, 1.165) is 44.6 Å². The Hall–Kier alpha value is -0.770. The second-order valence-corrected chi connectivity index (χ2v) is 5.65.